The molecule has 0 aromatic heterocycles. The van der Waals surface area contributed by atoms with Crippen LogP contribution in [0.5, 0.6) is 0 Å². The highest BCUT2D eigenvalue weighted by Gasteiger charge is 2.27. The van der Waals surface area contributed by atoms with E-state index in [1.165, 1.54) is 18.6 Å². The number of rotatable bonds is 7. The van der Waals surface area contributed by atoms with Gasteiger partial charge in [-0.05, 0) is 49.1 Å². The summed E-state index contributed by atoms with van der Waals surface area (Å²) in [5, 5.41) is 3.06. The van der Waals surface area contributed by atoms with E-state index in [4.69, 9.17) is 0 Å². The standard InChI is InChI=1S/C23H29FN2O3S/c24-19-13-15-21(16-14-19)30(28,29)26-22(17-18-9-5-4-6-10-18)23(27)25-20-11-7-2-1-3-8-12-20/h4-6,9-10,13-16,20,22,26H,1-3,7-8,11-12,17H2,(H,25,27)/t22-/m0/s1. The quantitative estimate of drug-likeness (QED) is 0.696. The topological polar surface area (TPSA) is 75.3 Å². The third kappa shape index (κ3) is 6.64. The predicted molar refractivity (Wildman–Crippen MR) is 115 cm³/mol. The first-order valence-electron chi connectivity index (χ1n) is 10.6. The number of benzene rings is 2. The van der Waals surface area contributed by atoms with Crippen LogP contribution in [0.1, 0.15) is 50.5 Å². The van der Waals surface area contributed by atoms with E-state index in [-0.39, 0.29) is 23.3 Å². The van der Waals surface area contributed by atoms with Gasteiger partial charge in [0.25, 0.3) is 0 Å². The molecule has 2 aromatic carbocycles. The zero-order chi connectivity index (χ0) is 21.4. The van der Waals surface area contributed by atoms with Crippen molar-refractivity contribution in [1.82, 2.24) is 10.0 Å². The van der Waals surface area contributed by atoms with Crippen LogP contribution in [-0.4, -0.2) is 26.4 Å². The molecule has 0 bridgehead atoms. The van der Waals surface area contributed by atoms with E-state index in [0.717, 1.165) is 56.2 Å². The Labute approximate surface area is 178 Å². The summed E-state index contributed by atoms with van der Waals surface area (Å²) in [6, 6.07) is 13.0. The van der Waals surface area contributed by atoms with Gasteiger partial charge in [-0.15, -0.1) is 0 Å². The number of amides is 1. The van der Waals surface area contributed by atoms with E-state index in [1.807, 2.05) is 30.3 Å². The second-order valence-corrected chi connectivity index (χ2v) is 9.58. The smallest absolute Gasteiger partial charge is 0.241 e. The van der Waals surface area contributed by atoms with Crippen molar-refractivity contribution in [2.75, 3.05) is 0 Å². The van der Waals surface area contributed by atoms with E-state index < -0.39 is 21.9 Å². The number of carbonyl (C=O) groups excluding carboxylic acids is 1. The van der Waals surface area contributed by atoms with Gasteiger partial charge in [0.1, 0.15) is 11.9 Å². The molecule has 30 heavy (non-hydrogen) atoms. The lowest BCUT2D eigenvalue weighted by atomic mass is 9.96. The van der Waals surface area contributed by atoms with Gasteiger partial charge in [0.2, 0.25) is 15.9 Å². The summed E-state index contributed by atoms with van der Waals surface area (Å²) in [5.74, 6) is -0.841. The molecular formula is C23H29FN2O3S. The Bertz CT molecular complexity index is 909. The Balaban J connectivity index is 1.76. The number of hydrogen-bond donors (Lipinski definition) is 2. The molecule has 3 rings (SSSR count). The van der Waals surface area contributed by atoms with E-state index in [0.29, 0.717) is 0 Å². The predicted octanol–water partition coefficient (Wildman–Crippen LogP) is 3.94. The van der Waals surface area contributed by atoms with Crippen molar-refractivity contribution >= 4 is 15.9 Å². The van der Waals surface area contributed by atoms with Crippen molar-refractivity contribution in [1.29, 1.82) is 0 Å². The Morgan fingerprint density at radius 3 is 2.17 bits per heavy atom. The van der Waals surface area contributed by atoms with Crippen LogP contribution in [0.25, 0.3) is 0 Å². The van der Waals surface area contributed by atoms with Crippen molar-refractivity contribution in [3.05, 3.63) is 66.0 Å². The Morgan fingerprint density at radius 1 is 0.933 bits per heavy atom. The highest BCUT2D eigenvalue weighted by molar-refractivity contribution is 7.89. The summed E-state index contributed by atoms with van der Waals surface area (Å²) in [4.78, 5) is 13.0. The molecule has 0 heterocycles. The molecule has 1 aliphatic carbocycles. The number of carbonyl (C=O) groups is 1. The second kappa shape index (κ2) is 10.7. The van der Waals surface area contributed by atoms with Gasteiger partial charge in [0.15, 0.2) is 0 Å². The maximum Gasteiger partial charge on any atom is 0.241 e. The van der Waals surface area contributed by atoms with Gasteiger partial charge >= 0.3 is 0 Å². The van der Waals surface area contributed by atoms with Crippen molar-refractivity contribution in [3.8, 4) is 0 Å². The summed E-state index contributed by atoms with van der Waals surface area (Å²) in [6.45, 7) is 0. The van der Waals surface area contributed by atoms with E-state index in [2.05, 4.69) is 10.0 Å². The van der Waals surface area contributed by atoms with Crippen molar-refractivity contribution in [3.63, 3.8) is 0 Å². The summed E-state index contributed by atoms with van der Waals surface area (Å²) >= 11 is 0. The molecule has 0 radical (unpaired) electrons. The largest absolute Gasteiger partial charge is 0.352 e. The molecule has 7 heteroatoms. The molecule has 162 valence electrons. The number of sulfonamides is 1. The first-order valence-corrected chi connectivity index (χ1v) is 12.0. The molecule has 0 unspecified atom stereocenters. The Kier molecular flexibility index (Phi) is 7.99. The Hall–Kier alpha value is -2.25. The van der Waals surface area contributed by atoms with Crippen molar-refractivity contribution < 1.29 is 17.6 Å². The first-order chi connectivity index (χ1) is 14.4. The summed E-state index contributed by atoms with van der Waals surface area (Å²) in [7, 11) is -3.97. The SMILES string of the molecule is O=C(NC1CCCCCCC1)[C@H](Cc1ccccc1)NS(=O)(=O)c1ccc(F)cc1. The van der Waals surface area contributed by atoms with E-state index in [9.17, 15) is 17.6 Å². The normalized spacial score (nSPS) is 17.0. The highest BCUT2D eigenvalue weighted by atomic mass is 32.2. The van der Waals surface area contributed by atoms with Gasteiger partial charge in [-0.2, -0.15) is 4.72 Å². The fourth-order valence-electron chi connectivity index (χ4n) is 3.81. The van der Waals surface area contributed by atoms with Crippen molar-refractivity contribution in [2.45, 2.75) is 68.3 Å². The molecular weight excluding hydrogens is 403 g/mol. The molecule has 0 spiro atoms. The van der Waals surface area contributed by atoms with Crippen LogP contribution in [0.4, 0.5) is 4.39 Å². The first kappa shape index (κ1) is 22.4. The van der Waals surface area contributed by atoms with Crippen LogP contribution in [0.3, 0.4) is 0 Å². The van der Waals surface area contributed by atoms with Gasteiger partial charge in [-0.25, -0.2) is 12.8 Å². The fraction of sp³-hybridized carbons (Fsp3) is 0.435. The molecule has 1 amide bonds. The average Bonchev–Trinajstić information content (AvgIpc) is 2.70. The van der Waals surface area contributed by atoms with Crippen LogP contribution >= 0.6 is 0 Å². The maximum absolute atomic E-state index is 13.2. The molecule has 1 fully saturated rings. The zero-order valence-electron chi connectivity index (χ0n) is 17.0. The summed E-state index contributed by atoms with van der Waals surface area (Å²) in [6.07, 6.45) is 7.75. The fourth-order valence-corrected chi connectivity index (χ4v) is 5.00. The van der Waals surface area contributed by atoms with Gasteiger partial charge < -0.3 is 5.32 Å². The third-order valence-electron chi connectivity index (χ3n) is 5.47. The molecule has 2 aromatic rings. The minimum atomic E-state index is -3.97. The highest BCUT2D eigenvalue weighted by Crippen LogP contribution is 2.18. The minimum absolute atomic E-state index is 0.0615. The van der Waals surface area contributed by atoms with Crippen LogP contribution in [0.15, 0.2) is 59.5 Å². The second-order valence-electron chi connectivity index (χ2n) is 7.87. The number of nitrogens with one attached hydrogen (secondary N) is 2. The minimum Gasteiger partial charge on any atom is -0.352 e. The number of halogens is 1. The molecule has 1 atom stereocenters. The van der Waals surface area contributed by atoms with Crippen LogP contribution in [-0.2, 0) is 21.2 Å². The van der Waals surface area contributed by atoms with Gasteiger partial charge in [-0.3, -0.25) is 4.79 Å². The van der Waals surface area contributed by atoms with E-state index >= 15 is 0 Å². The zero-order valence-corrected chi connectivity index (χ0v) is 17.8. The Morgan fingerprint density at radius 2 is 1.53 bits per heavy atom. The lowest BCUT2D eigenvalue weighted by Crippen LogP contribution is -2.50. The number of hydrogen-bond acceptors (Lipinski definition) is 3. The van der Waals surface area contributed by atoms with Crippen LogP contribution in [0, 0.1) is 5.82 Å². The van der Waals surface area contributed by atoms with Gasteiger partial charge in [-0.1, -0.05) is 62.4 Å². The molecule has 0 saturated heterocycles. The lowest BCUT2D eigenvalue weighted by Gasteiger charge is -2.25. The lowest BCUT2D eigenvalue weighted by molar-refractivity contribution is -0.123. The van der Waals surface area contributed by atoms with Gasteiger partial charge in [0, 0.05) is 6.04 Å². The maximum atomic E-state index is 13.2. The van der Waals surface area contributed by atoms with Crippen molar-refractivity contribution in [2.24, 2.45) is 0 Å². The van der Waals surface area contributed by atoms with Crippen LogP contribution in [0.2, 0.25) is 0 Å². The molecule has 1 aliphatic rings. The third-order valence-corrected chi connectivity index (χ3v) is 6.96. The van der Waals surface area contributed by atoms with Gasteiger partial charge in [0.05, 0.1) is 4.90 Å². The average molecular weight is 433 g/mol. The molecule has 5 nitrogen and oxygen atoms in total. The monoisotopic (exact) mass is 432 g/mol. The summed E-state index contributed by atoms with van der Waals surface area (Å²) in [5.41, 5.74) is 0.858. The molecule has 0 aliphatic heterocycles. The summed E-state index contributed by atoms with van der Waals surface area (Å²) < 4.78 is 41.4. The molecule has 1 saturated carbocycles. The van der Waals surface area contributed by atoms with E-state index in [1.54, 1.807) is 0 Å². The molecule has 2 N–H and O–H groups in total. The van der Waals surface area contributed by atoms with Crippen LogP contribution < -0.4 is 10.0 Å².